The highest BCUT2D eigenvalue weighted by Crippen LogP contribution is 2.38. The van der Waals surface area contributed by atoms with Gasteiger partial charge in [-0.3, -0.25) is 0 Å². The molecular formula is C12H12N4S. The van der Waals surface area contributed by atoms with Crippen LogP contribution in [0.4, 0.5) is 0 Å². The Morgan fingerprint density at radius 2 is 2.24 bits per heavy atom. The Bertz CT molecular complexity index is 571. The normalized spacial score (nSPS) is 14.8. The van der Waals surface area contributed by atoms with Crippen LogP contribution in [0.15, 0.2) is 30.6 Å². The second kappa shape index (κ2) is 3.92. The zero-order chi connectivity index (χ0) is 11.8. The average Bonchev–Trinajstić information content (AvgIpc) is 3.07. The number of aromatic nitrogens is 3. The summed E-state index contributed by atoms with van der Waals surface area (Å²) in [5.41, 5.74) is 7.56. The molecule has 17 heavy (non-hydrogen) atoms. The van der Waals surface area contributed by atoms with Crippen LogP contribution in [-0.4, -0.2) is 19.8 Å². The molecule has 0 unspecified atom stereocenters. The molecule has 0 spiro atoms. The predicted octanol–water partition coefficient (Wildman–Crippen LogP) is 1.78. The van der Waals surface area contributed by atoms with Gasteiger partial charge < -0.3 is 5.73 Å². The Hall–Kier alpha value is -1.75. The summed E-state index contributed by atoms with van der Waals surface area (Å²) in [6.45, 7) is 0. The fraction of sp³-hybridized carbons (Fsp3) is 0.250. The van der Waals surface area contributed by atoms with Gasteiger partial charge in [-0.25, -0.2) is 9.67 Å². The van der Waals surface area contributed by atoms with Crippen molar-refractivity contribution in [3.8, 4) is 5.82 Å². The molecule has 3 rings (SSSR count). The van der Waals surface area contributed by atoms with Gasteiger partial charge in [-0.05, 0) is 31.0 Å². The maximum absolute atomic E-state index is 5.60. The van der Waals surface area contributed by atoms with Gasteiger partial charge in [0.2, 0.25) is 0 Å². The quantitative estimate of drug-likeness (QED) is 0.836. The lowest BCUT2D eigenvalue weighted by Crippen LogP contribution is -2.10. The van der Waals surface area contributed by atoms with Gasteiger partial charge in [0.15, 0.2) is 5.82 Å². The maximum Gasteiger partial charge on any atom is 0.153 e. The van der Waals surface area contributed by atoms with Crippen molar-refractivity contribution < 1.29 is 0 Å². The van der Waals surface area contributed by atoms with Crippen LogP contribution in [0.3, 0.4) is 0 Å². The Balaban J connectivity index is 1.96. The molecule has 0 saturated heterocycles. The Morgan fingerprint density at radius 1 is 1.41 bits per heavy atom. The maximum atomic E-state index is 5.60. The molecule has 1 saturated carbocycles. The van der Waals surface area contributed by atoms with Crippen LogP contribution in [-0.2, 0) is 0 Å². The van der Waals surface area contributed by atoms with E-state index in [1.807, 2.05) is 18.3 Å². The highest BCUT2D eigenvalue weighted by molar-refractivity contribution is 7.80. The lowest BCUT2D eigenvalue weighted by atomic mass is 10.2. The summed E-state index contributed by atoms with van der Waals surface area (Å²) in [4.78, 5) is 4.65. The van der Waals surface area contributed by atoms with Crippen LogP contribution in [0.5, 0.6) is 0 Å². The van der Waals surface area contributed by atoms with E-state index in [-0.39, 0.29) is 0 Å². The van der Waals surface area contributed by atoms with Crippen LogP contribution in [0.1, 0.15) is 30.0 Å². The van der Waals surface area contributed by atoms with E-state index >= 15 is 0 Å². The lowest BCUT2D eigenvalue weighted by Gasteiger charge is -2.02. The number of pyridine rings is 1. The second-order valence-electron chi connectivity index (χ2n) is 4.23. The van der Waals surface area contributed by atoms with E-state index in [0.29, 0.717) is 10.9 Å². The van der Waals surface area contributed by atoms with Gasteiger partial charge in [0, 0.05) is 23.9 Å². The first-order chi connectivity index (χ1) is 8.24. The van der Waals surface area contributed by atoms with E-state index < -0.39 is 0 Å². The van der Waals surface area contributed by atoms with Crippen LogP contribution < -0.4 is 5.73 Å². The third-order valence-corrected chi connectivity index (χ3v) is 3.11. The highest BCUT2D eigenvalue weighted by Gasteiger charge is 2.25. The minimum Gasteiger partial charge on any atom is -0.389 e. The first kappa shape index (κ1) is 10.4. The summed E-state index contributed by atoms with van der Waals surface area (Å²) in [7, 11) is 0. The minimum atomic E-state index is 0.378. The molecule has 5 heteroatoms. The van der Waals surface area contributed by atoms with Crippen molar-refractivity contribution in [3.63, 3.8) is 0 Å². The van der Waals surface area contributed by atoms with E-state index in [9.17, 15) is 0 Å². The Labute approximate surface area is 104 Å². The van der Waals surface area contributed by atoms with Gasteiger partial charge in [0.05, 0.1) is 5.69 Å². The van der Waals surface area contributed by atoms with Crippen LogP contribution in [0.2, 0.25) is 0 Å². The van der Waals surface area contributed by atoms with E-state index in [4.69, 9.17) is 18.0 Å². The predicted molar refractivity (Wildman–Crippen MR) is 69.2 cm³/mol. The Morgan fingerprint density at radius 3 is 2.94 bits per heavy atom. The summed E-state index contributed by atoms with van der Waals surface area (Å²) >= 11 is 4.95. The van der Waals surface area contributed by atoms with Crippen molar-refractivity contribution >= 4 is 17.2 Å². The zero-order valence-corrected chi connectivity index (χ0v) is 10.0. The first-order valence-corrected chi connectivity index (χ1v) is 5.96. The standard InChI is InChI=1S/C12H12N4S/c13-12(17)9-3-5-14-11(7-9)16-6-4-10(15-16)8-1-2-8/h3-8H,1-2H2,(H2,13,17). The van der Waals surface area contributed by atoms with Crippen molar-refractivity contribution in [1.29, 1.82) is 0 Å². The van der Waals surface area contributed by atoms with Gasteiger partial charge in [-0.2, -0.15) is 5.10 Å². The molecule has 2 aromatic rings. The van der Waals surface area contributed by atoms with Crippen molar-refractivity contribution in [2.24, 2.45) is 5.73 Å². The summed E-state index contributed by atoms with van der Waals surface area (Å²) in [6.07, 6.45) is 6.12. The largest absolute Gasteiger partial charge is 0.389 e. The van der Waals surface area contributed by atoms with Gasteiger partial charge in [-0.15, -0.1) is 0 Å². The summed E-state index contributed by atoms with van der Waals surface area (Å²) in [5, 5.41) is 4.51. The monoisotopic (exact) mass is 244 g/mol. The van der Waals surface area contributed by atoms with Gasteiger partial charge in [0.1, 0.15) is 4.99 Å². The van der Waals surface area contributed by atoms with E-state index in [1.165, 1.54) is 12.8 Å². The number of hydrogen-bond acceptors (Lipinski definition) is 3. The molecule has 0 atom stereocenters. The van der Waals surface area contributed by atoms with Crippen molar-refractivity contribution in [3.05, 3.63) is 41.9 Å². The molecule has 2 aromatic heterocycles. The zero-order valence-electron chi connectivity index (χ0n) is 9.21. The van der Waals surface area contributed by atoms with Crippen molar-refractivity contribution in [1.82, 2.24) is 14.8 Å². The van der Waals surface area contributed by atoms with E-state index in [1.54, 1.807) is 16.9 Å². The first-order valence-electron chi connectivity index (χ1n) is 5.56. The number of nitrogens with two attached hydrogens (primary N) is 1. The van der Waals surface area contributed by atoms with E-state index in [2.05, 4.69) is 10.1 Å². The Kier molecular flexibility index (Phi) is 2.40. The summed E-state index contributed by atoms with van der Waals surface area (Å²) in [6, 6.07) is 5.70. The third kappa shape index (κ3) is 2.06. The summed E-state index contributed by atoms with van der Waals surface area (Å²) in [5.74, 6) is 1.40. The molecule has 0 bridgehead atoms. The highest BCUT2D eigenvalue weighted by atomic mass is 32.1. The van der Waals surface area contributed by atoms with Crippen LogP contribution in [0, 0.1) is 0 Å². The second-order valence-corrected chi connectivity index (χ2v) is 4.67. The molecular weight excluding hydrogens is 232 g/mol. The van der Waals surface area contributed by atoms with Gasteiger partial charge >= 0.3 is 0 Å². The smallest absolute Gasteiger partial charge is 0.153 e. The fourth-order valence-electron chi connectivity index (χ4n) is 1.76. The molecule has 1 aliphatic carbocycles. The molecule has 1 aliphatic rings. The average molecular weight is 244 g/mol. The number of nitrogens with zero attached hydrogens (tertiary/aromatic N) is 3. The number of thiocarbonyl (C=S) groups is 1. The van der Waals surface area contributed by atoms with Gasteiger partial charge in [0.25, 0.3) is 0 Å². The summed E-state index contributed by atoms with van der Waals surface area (Å²) < 4.78 is 1.77. The number of hydrogen-bond donors (Lipinski definition) is 1. The van der Waals surface area contributed by atoms with Crippen molar-refractivity contribution in [2.75, 3.05) is 0 Å². The lowest BCUT2D eigenvalue weighted by molar-refractivity contribution is 0.812. The third-order valence-electron chi connectivity index (χ3n) is 2.87. The topological polar surface area (TPSA) is 56.7 Å². The van der Waals surface area contributed by atoms with Crippen LogP contribution >= 0.6 is 12.2 Å². The molecule has 2 heterocycles. The SMILES string of the molecule is NC(=S)c1ccnc(-n2ccc(C3CC3)n2)c1. The fourth-order valence-corrected chi connectivity index (χ4v) is 1.89. The van der Waals surface area contributed by atoms with E-state index in [0.717, 1.165) is 17.1 Å². The van der Waals surface area contributed by atoms with Gasteiger partial charge in [-0.1, -0.05) is 12.2 Å². The van der Waals surface area contributed by atoms with Crippen molar-refractivity contribution in [2.45, 2.75) is 18.8 Å². The molecule has 2 N–H and O–H groups in total. The molecule has 1 fully saturated rings. The minimum absolute atomic E-state index is 0.378. The molecule has 0 aromatic carbocycles. The molecule has 86 valence electrons. The molecule has 0 aliphatic heterocycles. The number of rotatable bonds is 3. The molecule has 0 radical (unpaired) electrons. The van der Waals surface area contributed by atoms with Crippen LogP contribution in [0.25, 0.3) is 5.82 Å². The molecule has 4 nitrogen and oxygen atoms in total. The molecule has 0 amide bonds.